The summed E-state index contributed by atoms with van der Waals surface area (Å²) in [5.74, 6) is 0.674. The topological polar surface area (TPSA) is 34.6 Å². The van der Waals surface area contributed by atoms with E-state index in [2.05, 4.69) is 4.98 Å². The van der Waals surface area contributed by atoms with Crippen molar-refractivity contribution in [3.05, 3.63) is 23.9 Å². The van der Waals surface area contributed by atoms with Crippen molar-refractivity contribution < 1.29 is 9.47 Å². The number of aromatic nitrogens is 1. The summed E-state index contributed by atoms with van der Waals surface area (Å²) in [5.41, 5.74) is 1.04. The molecule has 3 nitrogen and oxygen atoms in total. The zero-order chi connectivity index (χ0) is 8.39. The van der Waals surface area contributed by atoms with Crippen LogP contribution in [-0.4, -0.2) is 24.8 Å². The second-order valence-corrected chi connectivity index (χ2v) is 2.83. The highest BCUT2D eigenvalue weighted by atomic mass is 16.6. The lowest BCUT2D eigenvalue weighted by molar-refractivity contribution is 0.390. The molecule has 1 aliphatic rings. The maximum atomic E-state index is 5.11. The van der Waals surface area contributed by atoms with Crippen molar-refractivity contribution in [3.63, 3.8) is 0 Å². The fraction of sp³-hybridized carbons (Fsp3) is 0.444. The summed E-state index contributed by atoms with van der Waals surface area (Å²) in [4.78, 5) is 4.27. The number of ether oxygens (including phenoxy) is 2. The average molecular weight is 165 g/mol. The summed E-state index contributed by atoms with van der Waals surface area (Å²) in [6.07, 6.45) is 1.29. The van der Waals surface area contributed by atoms with Crippen molar-refractivity contribution in [1.29, 1.82) is 0 Å². The molecule has 1 aromatic rings. The van der Waals surface area contributed by atoms with Gasteiger partial charge in [0.25, 0.3) is 0 Å². The van der Waals surface area contributed by atoms with Crippen molar-refractivity contribution in [1.82, 2.24) is 4.98 Å². The van der Waals surface area contributed by atoms with Crippen LogP contribution in [0.25, 0.3) is 0 Å². The minimum atomic E-state index is 0.393. The second kappa shape index (κ2) is 3.11. The van der Waals surface area contributed by atoms with E-state index in [0.717, 1.165) is 18.7 Å². The van der Waals surface area contributed by atoms with Gasteiger partial charge in [0.05, 0.1) is 19.8 Å². The monoisotopic (exact) mass is 165 g/mol. The fourth-order valence-electron chi connectivity index (χ4n) is 1.10. The van der Waals surface area contributed by atoms with E-state index in [1.807, 2.05) is 18.2 Å². The zero-order valence-electron chi connectivity index (χ0n) is 6.99. The van der Waals surface area contributed by atoms with Crippen LogP contribution >= 0.6 is 0 Å². The van der Waals surface area contributed by atoms with E-state index in [1.165, 1.54) is 0 Å². The van der Waals surface area contributed by atoms with Crippen LogP contribution in [0.2, 0.25) is 0 Å². The first-order valence-corrected chi connectivity index (χ1v) is 4.00. The summed E-state index contributed by atoms with van der Waals surface area (Å²) in [7, 11) is 1.62. The van der Waals surface area contributed by atoms with Gasteiger partial charge in [0.15, 0.2) is 0 Å². The molecule has 1 fully saturated rings. The maximum absolute atomic E-state index is 5.11. The Bertz CT molecular complexity index is 271. The van der Waals surface area contributed by atoms with Gasteiger partial charge in [-0.25, -0.2) is 4.98 Å². The molecular weight excluding hydrogens is 154 g/mol. The number of hydrogen-bond donors (Lipinski definition) is 0. The molecular formula is C9H11NO2. The molecule has 1 atom stereocenters. The van der Waals surface area contributed by atoms with Crippen molar-refractivity contribution in [2.24, 2.45) is 0 Å². The predicted molar refractivity (Wildman–Crippen MR) is 44.2 cm³/mol. The number of pyridine rings is 1. The maximum Gasteiger partial charge on any atom is 0.213 e. The Balaban J connectivity index is 2.08. The third kappa shape index (κ3) is 1.74. The number of methoxy groups -OCH3 is 1. The van der Waals surface area contributed by atoms with Crippen molar-refractivity contribution in [2.45, 2.75) is 12.5 Å². The minimum Gasteiger partial charge on any atom is -0.481 e. The van der Waals surface area contributed by atoms with Crippen molar-refractivity contribution >= 4 is 0 Å². The van der Waals surface area contributed by atoms with Gasteiger partial charge in [0.2, 0.25) is 5.88 Å². The smallest absolute Gasteiger partial charge is 0.213 e. The highest BCUT2D eigenvalue weighted by Gasteiger charge is 2.23. The fourth-order valence-corrected chi connectivity index (χ4v) is 1.10. The van der Waals surface area contributed by atoms with Gasteiger partial charge in [-0.1, -0.05) is 6.07 Å². The first-order chi connectivity index (χ1) is 5.88. The van der Waals surface area contributed by atoms with E-state index in [4.69, 9.17) is 9.47 Å². The molecule has 1 unspecified atom stereocenters. The lowest BCUT2D eigenvalue weighted by atomic mass is 10.2. The number of rotatable bonds is 3. The Morgan fingerprint density at radius 1 is 1.67 bits per heavy atom. The van der Waals surface area contributed by atoms with Crippen LogP contribution in [-0.2, 0) is 11.2 Å². The van der Waals surface area contributed by atoms with E-state index in [0.29, 0.717) is 12.0 Å². The Hall–Kier alpha value is -1.09. The first kappa shape index (κ1) is 7.55. The van der Waals surface area contributed by atoms with Crippen LogP contribution in [0.15, 0.2) is 18.2 Å². The highest BCUT2D eigenvalue weighted by Crippen LogP contribution is 2.16. The van der Waals surface area contributed by atoms with Gasteiger partial charge in [0.1, 0.15) is 0 Å². The van der Waals surface area contributed by atoms with E-state index in [9.17, 15) is 0 Å². The van der Waals surface area contributed by atoms with Crippen molar-refractivity contribution in [3.8, 4) is 5.88 Å². The van der Waals surface area contributed by atoms with Gasteiger partial charge < -0.3 is 9.47 Å². The van der Waals surface area contributed by atoms with E-state index < -0.39 is 0 Å². The number of hydrogen-bond acceptors (Lipinski definition) is 3. The molecule has 1 saturated heterocycles. The number of epoxide rings is 1. The highest BCUT2D eigenvalue weighted by molar-refractivity contribution is 5.16. The summed E-state index contributed by atoms with van der Waals surface area (Å²) >= 11 is 0. The molecule has 1 aliphatic heterocycles. The second-order valence-electron chi connectivity index (χ2n) is 2.83. The largest absolute Gasteiger partial charge is 0.481 e. The third-order valence-electron chi connectivity index (χ3n) is 1.83. The van der Waals surface area contributed by atoms with Crippen LogP contribution in [0.3, 0.4) is 0 Å². The summed E-state index contributed by atoms with van der Waals surface area (Å²) < 4.78 is 10.1. The van der Waals surface area contributed by atoms with Crippen LogP contribution in [0, 0.1) is 0 Å². The molecule has 0 radical (unpaired) electrons. The minimum absolute atomic E-state index is 0.393. The number of nitrogens with zero attached hydrogens (tertiary/aromatic N) is 1. The molecule has 0 aromatic carbocycles. The molecule has 12 heavy (non-hydrogen) atoms. The van der Waals surface area contributed by atoms with Gasteiger partial charge >= 0.3 is 0 Å². The van der Waals surface area contributed by atoms with Gasteiger partial charge in [-0.05, 0) is 6.07 Å². The molecule has 2 heterocycles. The van der Waals surface area contributed by atoms with Crippen LogP contribution in [0.1, 0.15) is 5.69 Å². The van der Waals surface area contributed by atoms with Gasteiger partial charge in [-0.2, -0.15) is 0 Å². The van der Waals surface area contributed by atoms with Gasteiger partial charge in [0, 0.05) is 18.2 Å². The average Bonchev–Trinajstić information content (AvgIpc) is 2.89. The van der Waals surface area contributed by atoms with Gasteiger partial charge in [-0.15, -0.1) is 0 Å². The molecule has 2 rings (SSSR count). The molecule has 0 N–H and O–H groups in total. The van der Waals surface area contributed by atoms with Crippen molar-refractivity contribution in [2.75, 3.05) is 13.7 Å². The Morgan fingerprint density at radius 2 is 2.50 bits per heavy atom. The summed E-state index contributed by atoms with van der Waals surface area (Å²) in [5, 5.41) is 0. The summed E-state index contributed by atoms with van der Waals surface area (Å²) in [6, 6.07) is 5.78. The van der Waals surface area contributed by atoms with E-state index >= 15 is 0 Å². The third-order valence-corrected chi connectivity index (χ3v) is 1.83. The lowest BCUT2D eigenvalue weighted by Crippen LogP contribution is -1.97. The SMILES string of the molecule is COc1cccc(CC2CO2)n1. The lowest BCUT2D eigenvalue weighted by Gasteiger charge is -2.00. The molecule has 0 saturated carbocycles. The predicted octanol–water partition coefficient (Wildman–Crippen LogP) is 1.03. The van der Waals surface area contributed by atoms with Gasteiger partial charge in [-0.3, -0.25) is 0 Å². The molecule has 0 amide bonds. The first-order valence-electron chi connectivity index (χ1n) is 4.00. The standard InChI is InChI=1S/C9H11NO2/c1-11-9-4-2-3-7(10-9)5-8-6-12-8/h2-4,8H,5-6H2,1H3. The zero-order valence-corrected chi connectivity index (χ0v) is 6.99. The van der Waals surface area contributed by atoms with E-state index in [-0.39, 0.29) is 0 Å². The van der Waals surface area contributed by atoms with Crippen LogP contribution < -0.4 is 4.74 Å². The molecule has 64 valence electrons. The summed E-state index contributed by atoms with van der Waals surface area (Å²) in [6.45, 7) is 0.874. The Labute approximate surface area is 71.3 Å². The molecule has 0 aliphatic carbocycles. The Kier molecular flexibility index (Phi) is 1.96. The molecule has 3 heteroatoms. The Morgan fingerprint density at radius 3 is 3.17 bits per heavy atom. The van der Waals surface area contributed by atoms with Crippen LogP contribution in [0.5, 0.6) is 5.88 Å². The van der Waals surface area contributed by atoms with Crippen LogP contribution in [0.4, 0.5) is 0 Å². The molecule has 0 bridgehead atoms. The quantitative estimate of drug-likeness (QED) is 0.627. The van der Waals surface area contributed by atoms with E-state index in [1.54, 1.807) is 7.11 Å². The molecule has 0 spiro atoms. The molecule has 1 aromatic heterocycles. The normalized spacial score (nSPS) is 20.6.